The van der Waals surface area contributed by atoms with Crippen LogP contribution in [0.1, 0.15) is 12.8 Å². The molecule has 1 aromatic carbocycles. The molecule has 0 bridgehead atoms. The molecule has 1 atom stereocenters. The van der Waals surface area contributed by atoms with Gasteiger partial charge in [0.1, 0.15) is 5.75 Å². The van der Waals surface area contributed by atoms with E-state index in [1.165, 1.54) is 10.4 Å². The molecule has 1 aliphatic heterocycles. The van der Waals surface area contributed by atoms with Gasteiger partial charge < -0.3 is 10.1 Å². The molecule has 23 heavy (non-hydrogen) atoms. The fourth-order valence-electron chi connectivity index (χ4n) is 2.53. The number of likely N-dealkylation sites (N-methyl/N-ethyl adjacent to an activating group) is 1. The highest BCUT2D eigenvalue weighted by Crippen LogP contribution is 2.32. The molecule has 1 heterocycles. The number of hydrogen-bond acceptors (Lipinski definition) is 4. The van der Waals surface area contributed by atoms with E-state index in [-0.39, 0.29) is 34.1 Å². The monoisotopic (exact) mass is 390 g/mol. The minimum Gasteiger partial charge on any atom is -0.433 e. The average Bonchev–Trinajstić information content (AvgIpc) is 2.90. The second-order valence-electron chi connectivity index (χ2n) is 4.94. The van der Waals surface area contributed by atoms with Gasteiger partial charge >= 0.3 is 6.61 Å². The van der Waals surface area contributed by atoms with Crippen molar-refractivity contribution in [3.63, 3.8) is 0 Å². The molecule has 0 spiro atoms. The quantitative estimate of drug-likeness (QED) is 0.810. The van der Waals surface area contributed by atoms with E-state index in [1.54, 1.807) is 7.05 Å². The van der Waals surface area contributed by atoms with E-state index in [4.69, 9.17) is 11.6 Å². The van der Waals surface area contributed by atoms with Gasteiger partial charge in [-0.05, 0) is 38.1 Å². The number of halogens is 4. The Bertz CT molecular complexity index is 632. The summed E-state index contributed by atoms with van der Waals surface area (Å²) in [5.74, 6) is -0.246. The summed E-state index contributed by atoms with van der Waals surface area (Å²) >= 11 is 5.83. The molecule has 0 aliphatic carbocycles. The molecule has 2 rings (SSSR count). The lowest BCUT2D eigenvalue weighted by Crippen LogP contribution is -2.40. The zero-order valence-electron chi connectivity index (χ0n) is 12.3. The summed E-state index contributed by atoms with van der Waals surface area (Å²) in [6.07, 6.45) is 1.56. The first-order valence-corrected chi connectivity index (χ1v) is 8.59. The molecule has 0 saturated carbocycles. The standard InChI is InChI=1S/C13H17ClF2N2O3S.ClH/c1-17-8-9-3-2-6-18(9)22(19,20)10-4-5-12(11(14)7-10)21-13(15)16;/h4-5,7,9,13,17H,2-3,6,8H2,1H3;1H. The summed E-state index contributed by atoms with van der Waals surface area (Å²) in [5, 5.41) is 2.81. The summed E-state index contributed by atoms with van der Waals surface area (Å²) < 4.78 is 55.4. The van der Waals surface area contributed by atoms with Crippen LogP contribution in [0.3, 0.4) is 0 Å². The van der Waals surface area contributed by atoms with Gasteiger partial charge in [0.05, 0.1) is 9.92 Å². The number of benzene rings is 1. The first kappa shape index (κ1) is 20.4. The van der Waals surface area contributed by atoms with Crippen molar-refractivity contribution in [1.82, 2.24) is 9.62 Å². The van der Waals surface area contributed by atoms with Gasteiger partial charge in [-0.1, -0.05) is 11.6 Å². The molecule has 1 fully saturated rings. The van der Waals surface area contributed by atoms with Crippen molar-refractivity contribution in [1.29, 1.82) is 0 Å². The lowest BCUT2D eigenvalue weighted by Gasteiger charge is -2.24. The summed E-state index contributed by atoms with van der Waals surface area (Å²) in [6, 6.07) is 3.40. The number of ether oxygens (including phenoxy) is 1. The predicted molar refractivity (Wildman–Crippen MR) is 86.2 cm³/mol. The van der Waals surface area contributed by atoms with Crippen molar-refractivity contribution in [3.05, 3.63) is 23.2 Å². The van der Waals surface area contributed by atoms with Gasteiger partial charge in [0, 0.05) is 19.1 Å². The molecule has 0 radical (unpaired) electrons. The van der Waals surface area contributed by atoms with Crippen molar-refractivity contribution in [2.45, 2.75) is 30.4 Å². The molecule has 0 amide bonds. The number of nitrogens with zero attached hydrogens (tertiary/aromatic N) is 1. The molecule has 1 aliphatic rings. The van der Waals surface area contributed by atoms with Gasteiger partial charge in [-0.15, -0.1) is 12.4 Å². The van der Waals surface area contributed by atoms with Gasteiger partial charge in [-0.3, -0.25) is 0 Å². The topological polar surface area (TPSA) is 58.6 Å². The highest BCUT2D eigenvalue weighted by atomic mass is 35.5. The van der Waals surface area contributed by atoms with Crippen molar-refractivity contribution >= 4 is 34.0 Å². The Morgan fingerprint density at radius 3 is 2.74 bits per heavy atom. The van der Waals surface area contributed by atoms with Crippen LogP contribution in [-0.2, 0) is 10.0 Å². The van der Waals surface area contributed by atoms with Crippen LogP contribution in [0.25, 0.3) is 0 Å². The van der Waals surface area contributed by atoms with E-state index >= 15 is 0 Å². The normalized spacial score (nSPS) is 18.9. The Hall–Kier alpha value is -0.670. The van der Waals surface area contributed by atoms with Crippen LogP contribution in [-0.4, -0.2) is 45.5 Å². The fourth-order valence-corrected chi connectivity index (χ4v) is 4.54. The van der Waals surface area contributed by atoms with Crippen LogP contribution in [0.15, 0.2) is 23.1 Å². The Morgan fingerprint density at radius 2 is 2.17 bits per heavy atom. The highest BCUT2D eigenvalue weighted by molar-refractivity contribution is 7.89. The third kappa shape index (κ3) is 4.67. The number of rotatable bonds is 6. The molecule has 132 valence electrons. The Balaban J connectivity index is 0.00000264. The first-order chi connectivity index (χ1) is 10.4. The van der Waals surface area contributed by atoms with E-state index in [1.807, 2.05) is 0 Å². The molecule has 1 aromatic rings. The second kappa shape index (κ2) is 8.43. The first-order valence-electron chi connectivity index (χ1n) is 6.77. The highest BCUT2D eigenvalue weighted by Gasteiger charge is 2.35. The minimum absolute atomic E-state index is 0. The van der Waals surface area contributed by atoms with Crippen molar-refractivity contribution in [2.24, 2.45) is 0 Å². The Morgan fingerprint density at radius 1 is 1.48 bits per heavy atom. The van der Waals surface area contributed by atoms with E-state index < -0.39 is 16.6 Å². The smallest absolute Gasteiger partial charge is 0.387 e. The second-order valence-corrected chi connectivity index (χ2v) is 7.24. The third-order valence-electron chi connectivity index (χ3n) is 3.49. The van der Waals surface area contributed by atoms with Crippen LogP contribution in [0.4, 0.5) is 8.78 Å². The van der Waals surface area contributed by atoms with E-state index in [9.17, 15) is 17.2 Å². The molecule has 5 nitrogen and oxygen atoms in total. The summed E-state index contributed by atoms with van der Waals surface area (Å²) in [5.41, 5.74) is 0. The Labute approximate surface area is 145 Å². The molecule has 1 saturated heterocycles. The van der Waals surface area contributed by atoms with Crippen molar-refractivity contribution < 1.29 is 21.9 Å². The SMILES string of the molecule is CNCC1CCCN1S(=O)(=O)c1ccc(OC(F)F)c(Cl)c1.Cl. The molecule has 1 unspecified atom stereocenters. The third-order valence-corrected chi connectivity index (χ3v) is 5.73. The van der Waals surface area contributed by atoms with Crippen LogP contribution in [0.2, 0.25) is 5.02 Å². The maximum absolute atomic E-state index is 12.7. The zero-order valence-corrected chi connectivity index (χ0v) is 14.7. The van der Waals surface area contributed by atoms with Gasteiger partial charge in [-0.25, -0.2) is 8.42 Å². The lowest BCUT2D eigenvalue weighted by atomic mass is 10.2. The van der Waals surface area contributed by atoms with Gasteiger partial charge in [0.2, 0.25) is 10.0 Å². The fraction of sp³-hybridized carbons (Fsp3) is 0.538. The molecule has 10 heteroatoms. The van der Waals surface area contributed by atoms with Crippen molar-refractivity contribution in [2.75, 3.05) is 20.1 Å². The lowest BCUT2D eigenvalue weighted by molar-refractivity contribution is -0.0498. The van der Waals surface area contributed by atoms with Crippen LogP contribution in [0, 0.1) is 0 Å². The molecule has 1 N–H and O–H groups in total. The predicted octanol–water partition coefficient (Wildman–Crippen LogP) is 2.74. The summed E-state index contributed by atoms with van der Waals surface area (Å²) in [6.45, 7) is -2.03. The molecular formula is C13H18Cl2F2N2O3S. The van der Waals surface area contributed by atoms with Gasteiger partial charge in [0.15, 0.2) is 0 Å². The molecule has 0 aromatic heterocycles. The summed E-state index contributed by atoms with van der Waals surface area (Å²) in [4.78, 5) is -0.0258. The van der Waals surface area contributed by atoms with Crippen molar-refractivity contribution in [3.8, 4) is 5.75 Å². The van der Waals surface area contributed by atoms with Gasteiger partial charge in [-0.2, -0.15) is 13.1 Å². The zero-order chi connectivity index (χ0) is 16.3. The van der Waals surface area contributed by atoms with E-state index in [2.05, 4.69) is 10.1 Å². The summed E-state index contributed by atoms with van der Waals surface area (Å²) in [7, 11) is -1.95. The number of alkyl halides is 2. The van der Waals surface area contributed by atoms with E-state index in [0.717, 1.165) is 25.0 Å². The molecular weight excluding hydrogens is 373 g/mol. The largest absolute Gasteiger partial charge is 0.433 e. The maximum Gasteiger partial charge on any atom is 0.387 e. The van der Waals surface area contributed by atoms with E-state index in [0.29, 0.717) is 13.1 Å². The van der Waals surface area contributed by atoms with Crippen LogP contribution < -0.4 is 10.1 Å². The number of sulfonamides is 1. The number of nitrogens with one attached hydrogen (secondary N) is 1. The Kier molecular flexibility index (Phi) is 7.47. The van der Waals surface area contributed by atoms with Crippen LogP contribution >= 0.6 is 24.0 Å². The maximum atomic E-state index is 12.7. The van der Waals surface area contributed by atoms with Crippen LogP contribution in [0.5, 0.6) is 5.75 Å². The average molecular weight is 391 g/mol. The minimum atomic E-state index is -3.71. The number of hydrogen-bond donors (Lipinski definition) is 1. The van der Waals surface area contributed by atoms with Gasteiger partial charge in [0.25, 0.3) is 0 Å².